The fourth-order valence-electron chi connectivity index (χ4n) is 3.62. The second kappa shape index (κ2) is 8.04. The largest absolute Gasteiger partial charge is 0.497 e. The number of benzene rings is 2. The second-order valence-electron chi connectivity index (χ2n) is 9.57. The zero-order chi connectivity index (χ0) is 22.2. The molecule has 2 atom stereocenters. The topological polar surface area (TPSA) is 38.8 Å². The first kappa shape index (κ1) is 22.3. The van der Waals surface area contributed by atoms with E-state index in [1.54, 1.807) is 12.0 Å². The molecule has 1 amide bonds. The summed E-state index contributed by atoms with van der Waals surface area (Å²) in [5.41, 5.74) is 0.880. The van der Waals surface area contributed by atoms with Gasteiger partial charge in [-0.05, 0) is 54.9 Å². The summed E-state index contributed by atoms with van der Waals surface area (Å²) in [4.78, 5) is 15.6. The van der Waals surface area contributed by atoms with Crippen LogP contribution in [0, 0.1) is 0 Å². The average molecular weight is 424 g/mol. The van der Waals surface area contributed by atoms with Gasteiger partial charge in [0.25, 0.3) is 5.91 Å². The first-order chi connectivity index (χ1) is 14.0. The van der Waals surface area contributed by atoms with Gasteiger partial charge in [-0.15, -0.1) is 0 Å². The molecule has 0 saturated carbocycles. The molecule has 0 N–H and O–H groups in total. The third-order valence-electron chi connectivity index (χ3n) is 6.45. The number of ether oxygens (including phenoxy) is 1. The molecule has 0 aromatic heterocycles. The Hall–Kier alpha value is -2.37. The van der Waals surface area contributed by atoms with Gasteiger partial charge < -0.3 is 9.16 Å². The Morgan fingerprint density at radius 3 is 2.13 bits per heavy atom. The van der Waals surface area contributed by atoms with Crippen molar-refractivity contribution in [3.63, 3.8) is 0 Å². The third kappa shape index (κ3) is 4.09. The summed E-state index contributed by atoms with van der Waals surface area (Å²) in [5.74, 6) is 0.554. The molecule has 0 saturated heterocycles. The van der Waals surface area contributed by atoms with Crippen LogP contribution in [0.5, 0.6) is 5.75 Å². The van der Waals surface area contributed by atoms with E-state index in [0.29, 0.717) is 0 Å². The number of hydrogen-bond acceptors (Lipinski definition) is 3. The summed E-state index contributed by atoms with van der Waals surface area (Å²) in [5, 5.41) is -0.0103. The molecule has 0 spiro atoms. The van der Waals surface area contributed by atoms with Crippen molar-refractivity contribution >= 4 is 19.9 Å². The second-order valence-corrected chi connectivity index (χ2v) is 14.3. The number of carbonyl (C=O) groups is 1. The monoisotopic (exact) mass is 423 g/mol. The van der Waals surface area contributed by atoms with Crippen molar-refractivity contribution in [3.8, 4) is 5.75 Å². The normalized spacial score (nSPS) is 22.3. The molecule has 2 unspecified atom stereocenters. The van der Waals surface area contributed by atoms with Gasteiger partial charge in [-0.25, -0.2) is 0 Å². The van der Waals surface area contributed by atoms with E-state index in [1.807, 2.05) is 55.6 Å². The molecule has 4 nitrogen and oxygen atoms in total. The average Bonchev–Trinajstić information content (AvgIpc) is 2.70. The number of methoxy groups -OCH3 is 1. The van der Waals surface area contributed by atoms with Crippen molar-refractivity contribution in [2.75, 3.05) is 12.0 Å². The smallest absolute Gasteiger partial charge is 0.262 e. The van der Waals surface area contributed by atoms with Crippen molar-refractivity contribution in [3.05, 3.63) is 72.4 Å². The van der Waals surface area contributed by atoms with E-state index in [2.05, 4.69) is 52.1 Å². The Bertz CT molecular complexity index is 916. The molecule has 0 bridgehead atoms. The Balaban J connectivity index is 2.08. The van der Waals surface area contributed by atoms with Crippen LogP contribution in [-0.2, 0) is 9.22 Å². The molecule has 1 aliphatic rings. The van der Waals surface area contributed by atoms with E-state index < -0.39 is 13.9 Å². The van der Waals surface area contributed by atoms with E-state index in [1.165, 1.54) is 0 Å². The lowest BCUT2D eigenvalue weighted by Crippen LogP contribution is -2.59. The molecule has 3 rings (SSSR count). The molecule has 5 heteroatoms. The molecule has 0 aliphatic carbocycles. The predicted molar refractivity (Wildman–Crippen MR) is 125 cm³/mol. The Labute approximate surface area is 181 Å². The number of carbonyl (C=O) groups excluding carboxylic acids is 1. The predicted octanol–water partition coefficient (Wildman–Crippen LogP) is 6.12. The highest BCUT2D eigenvalue weighted by molar-refractivity contribution is 6.74. The minimum atomic E-state index is -2.23. The maximum Gasteiger partial charge on any atom is 0.262 e. The summed E-state index contributed by atoms with van der Waals surface area (Å²) < 4.78 is 12.1. The maximum absolute atomic E-state index is 13.9. The lowest BCUT2D eigenvalue weighted by molar-refractivity contribution is -0.134. The summed E-state index contributed by atoms with van der Waals surface area (Å²) in [6.45, 7) is 12.9. The van der Waals surface area contributed by atoms with Crippen LogP contribution in [0.15, 0.2) is 66.9 Å². The van der Waals surface area contributed by atoms with Gasteiger partial charge >= 0.3 is 0 Å². The SMILES string of the molecule is COc1ccc(N2C=CC(c3ccccc3)C(C)(O[Si](C)(C)C(C)(C)C)C2=O)cc1. The van der Waals surface area contributed by atoms with Crippen molar-refractivity contribution in [1.82, 2.24) is 0 Å². The van der Waals surface area contributed by atoms with Crippen LogP contribution in [0.1, 0.15) is 39.2 Å². The van der Waals surface area contributed by atoms with Crippen molar-refractivity contribution in [2.24, 2.45) is 0 Å². The number of amides is 1. The van der Waals surface area contributed by atoms with Gasteiger partial charge in [-0.3, -0.25) is 9.69 Å². The molecule has 0 radical (unpaired) electrons. The molecular formula is C25H33NO3Si. The van der Waals surface area contributed by atoms with E-state index in [-0.39, 0.29) is 16.9 Å². The van der Waals surface area contributed by atoms with Crippen molar-refractivity contribution < 1.29 is 14.0 Å². The molecule has 2 aromatic rings. The highest BCUT2D eigenvalue weighted by Gasteiger charge is 2.52. The molecule has 30 heavy (non-hydrogen) atoms. The van der Waals surface area contributed by atoms with Crippen LogP contribution in [0.3, 0.4) is 0 Å². The van der Waals surface area contributed by atoms with Crippen LogP contribution >= 0.6 is 0 Å². The fourth-order valence-corrected chi connectivity index (χ4v) is 5.20. The number of nitrogens with zero attached hydrogens (tertiary/aromatic N) is 1. The van der Waals surface area contributed by atoms with Crippen LogP contribution in [0.25, 0.3) is 0 Å². The van der Waals surface area contributed by atoms with E-state index in [0.717, 1.165) is 17.0 Å². The lowest BCUT2D eigenvalue weighted by Gasteiger charge is -2.48. The first-order valence-corrected chi connectivity index (χ1v) is 13.3. The Morgan fingerprint density at radius 2 is 1.60 bits per heavy atom. The molecule has 0 fully saturated rings. The van der Waals surface area contributed by atoms with Gasteiger partial charge in [-0.1, -0.05) is 57.2 Å². The summed E-state index contributed by atoms with van der Waals surface area (Å²) >= 11 is 0. The van der Waals surface area contributed by atoms with Gasteiger partial charge in [-0.2, -0.15) is 0 Å². The van der Waals surface area contributed by atoms with Gasteiger partial charge in [0, 0.05) is 17.8 Å². The third-order valence-corrected chi connectivity index (χ3v) is 11.0. The van der Waals surface area contributed by atoms with Gasteiger partial charge in [0.05, 0.1) is 7.11 Å². The zero-order valence-corrected chi connectivity index (χ0v) is 20.1. The Kier molecular flexibility index (Phi) is 5.98. The standard InChI is InChI=1S/C25H33NO3Si/c1-24(2,3)30(6,7)29-25(4)22(19-11-9-8-10-12-19)17-18-26(23(25)27)20-13-15-21(28-5)16-14-20/h8-18,22H,1-7H3. The number of anilines is 1. The summed E-state index contributed by atoms with van der Waals surface area (Å²) in [7, 11) is -0.593. The number of rotatable bonds is 5. The highest BCUT2D eigenvalue weighted by Crippen LogP contribution is 2.46. The quantitative estimate of drug-likeness (QED) is 0.544. The van der Waals surface area contributed by atoms with E-state index >= 15 is 0 Å². The van der Waals surface area contributed by atoms with E-state index in [4.69, 9.17) is 9.16 Å². The van der Waals surface area contributed by atoms with Crippen LogP contribution < -0.4 is 9.64 Å². The van der Waals surface area contributed by atoms with Crippen LogP contribution in [-0.4, -0.2) is 26.9 Å². The van der Waals surface area contributed by atoms with Crippen molar-refractivity contribution in [2.45, 2.75) is 57.3 Å². The minimum Gasteiger partial charge on any atom is -0.497 e. The van der Waals surface area contributed by atoms with E-state index in [9.17, 15) is 4.79 Å². The number of hydrogen-bond donors (Lipinski definition) is 0. The molecule has 1 heterocycles. The van der Waals surface area contributed by atoms with Crippen LogP contribution in [0.2, 0.25) is 18.1 Å². The maximum atomic E-state index is 13.9. The molecular weight excluding hydrogens is 390 g/mol. The van der Waals surface area contributed by atoms with Gasteiger partial charge in [0.1, 0.15) is 11.4 Å². The van der Waals surface area contributed by atoms with Crippen molar-refractivity contribution in [1.29, 1.82) is 0 Å². The van der Waals surface area contributed by atoms with Gasteiger partial charge in [0.15, 0.2) is 8.32 Å². The Morgan fingerprint density at radius 1 is 1.00 bits per heavy atom. The molecule has 2 aromatic carbocycles. The molecule has 160 valence electrons. The first-order valence-electron chi connectivity index (χ1n) is 10.4. The zero-order valence-electron chi connectivity index (χ0n) is 19.1. The molecule has 1 aliphatic heterocycles. The highest BCUT2D eigenvalue weighted by atomic mass is 28.4. The lowest BCUT2D eigenvalue weighted by atomic mass is 9.80. The fraction of sp³-hybridized carbons (Fsp3) is 0.400. The van der Waals surface area contributed by atoms with Gasteiger partial charge in [0.2, 0.25) is 0 Å². The summed E-state index contributed by atoms with van der Waals surface area (Å²) in [6.07, 6.45) is 3.96. The summed E-state index contributed by atoms with van der Waals surface area (Å²) in [6, 6.07) is 17.7. The minimum absolute atomic E-state index is 0.0103. The van der Waals surface area contributed by atoms with Crippen LogP contribution in [0.4, 0.5) is 5.69 Å².